The number of aromatic nitrogens is 1. The molecule has 1 N–H and O–H groups in total. The van der Waals surface area contributed by atoms with Gasteiger partial charge in [0.05, 0.1) is 17.8 Å². The zero-order chi connectivity index (χ0) is 15.2. The molecule has 1 aromatic carbocycles. The minimum atomic E-state index is -0.341. The van der Waals surface area contributed by atoms with E-state index in [0.717, 1.165) is 5.69 Å². The second kappa shape index (κ2) is 7.17. The molecule has 0 aliphatic rings. The quantitative estimate of drug-likeness (QED) is 0.891. The fourth-order valence-electron chi connectivity index (χ4n) is 1.81. The van der Waals surface area contributed by atoms with Crippen molar-refractivity contribution in [3.8, 4) is 5.75 Å². The molecule has 0 saturated carbocycles. The summed E-state index contributed by atoms with van der Waals surface area (Å²) in [5, 5.41) is 4.54. The Kier molecular flexibility index (Phi) is 5.27. The normalized spacial score (nSPS) is 12.0. The number of rotatable bonds is 6. The highest BCUT2D eigenvalue weighted by Crippen LogP contribution is 2.15. The van der Waals surface area contributed by atoms with Gasteiger partial charge >= 0.3 is 0 Å². The monoisotopic (exact) mass is 308 g/mol. The van der Waals surface area contributed by atoms with Gasteiger partial charge in [-0.3, -0.25) is 4.79 Å². The second-order valence-corrected chi connectivity index (χ2v) is 5.26. The van der Waals surface area contributed by atoms with E-state index in [1.165, 1.54) is 23.7 Å². The van der Waals surface area contributed by atoms with Gasteiger partial charge in [-0.15, -0.1) is 0 Å². The molecule has 0 bridgehead atoms. The van der Waals surface area contributed by atoms with Crippen LogP contribution in [0.2, 0.25) is 0 Å². The molecule has 0 radical (unpaired) electrons. The molecule has 112 valence electrons. The number of ether oxygens (including phenoxy) is 1. The molecule has 1 atom stereocenters. The third kappa shape index (κ3) is 4.26. The summed E-state index contributed by atoms with van der Waals surface area (Å²) in [7, 11) is 0. The molecule has 1 heterocycles. The van der Waals surface area contributed by atoms with Gasteiger partial charge in [-0.25, -0.2) is 4.39 Å². The highest BCUT2D eigenvalue weighted by molar-refractivity contribution is 7.03. The number of nitrogens with one attached hydrogen (secondary N) is 1. The van der Waals surface area contributed by atoms with Crippen molar-refractivity contribution in [2.45, 2.75) is 26.4 Å². The molecular weight excluding hydrogens is 291 g/mol. The van der Waals surface area contributed by atoms with Gasteiger partial charge in [0.2, 0.25) is 0 Å². The minimum absolute atomic E-state index is 0.164. The molecule has 4 nitrogen and oxygen atoms in total. The zero-order valence-electron chi connectivity index (χ0n) is 11.9. The Morgan fingerprint density at radius 1 is 1.52 bits per heavy atom. The van der Waals surface area contributed by atoms with Crippen LogP contribution in [-0.4, -0.2) is 22.9 Å². The van der Waals surface area contributed by atoms with Crippen molar-refractivity contribution in [2.75, 3.05) is 6.54 Å². The van der Waals surface area contributed by atoms with Crippen LogP contribution in [-0.2, 0) is 0 Å². The standard InChI is InChI=1S/C15H17FN2O2S/c1-3-12(20-13-6-4-5-11(16)7-13)8-17-15(19)14-9-21-18-10(14)2/h4-7,9,12H,3,8H2,1-2H3,(H,17,19)/t12-/m0/s1. The molecule has 0 aliphatic heterocycles. The summed E-state index contributed by atoms with van der Waals surface area (Å²) in [5.41, 5.74) is 1.30. The Hall–Kier alpha value is -1.95. The van der Waals surface area contributed by atoms with E-state index in [2.05, 4.69) is 9.69 Å². The van der Waals surface area contributed by atoms with E-state index < -0.39 is 0 Å². The first-order valence-corrected chi connectivity index (χ1v) is 7.55. The smallest absolute Gasteiger partial charge is 0.254 e. The van der Waals surface area contributed by atoms with Crippen molar-refractivity contribution in [1.82, 2.24) is 9.69 Å². The molecule has 0 saturated heterocycles. The number of benzene rings is 1. The van der Waals surface area contributed by atoms with Crippen molar-refractivity contribution in [2.24, 2.45) is 0 Å². The number of hydrogen-bond donors (Lipinski definition) is 1. The number of hydrogen-bond acceptors (Lipinski definition) is 4. The van der Waals surface area contributed by atoms with Crippen LogP contribution in [0.15, 0.2) is 29.6 Å². The lowest BCUT2D eigenvalue weighted by molar-refractivity contribution is 0.0925. The highest BCUT2D eigenvalue weighted by Gasteiger charge is 2.14. The Morgan fingerprint density at radius 2 is 2.33 bits per heavy atom. The van der Waals surface area contributed by atoms with E-state index in [0.29, 0.717) is 24.3 Å². The number of nitrogens with zero attached hydrogens (tertiary/aromatic N) is 1. The van der Waals surface area contributed by atoms with Gasteiger partial charge in [-0.05, 0) is 37.0 Å². The summed E-state index contributed by atoms with van der Waals surface area (Å²) in [6.45, 7) is 4.11. The van der Waals surface area contributed by atoms with Crippen molar-refractivity contribution in [3.63, 3.8) is 0 Å². The minimum Gasteiger partial charge on any atom is -0.489 e. The molecule has 6 heteroatoms. The lowest BCUT2D eigenvalue weighted by Crippen LogP contribution is -2.35. The maximum Gasteiger partial charge on any atom is 0.254 e. The maximum absolute atomic E-state index is 13.1. The topological polar surface area (TPSA) is 51.2 Å². The van der Waals surface area contributed by atoms with Crippen molar-refractivity contribution in [3.05, 3.63) is 46.7 Å². The van der Waals surface area contributed by atoms with E-state index in [4.69, 9.17) is 4.74 Å². The predicted molar refractivity (Wildman–Crippen MR) is 80.3 cm³/mol. The molecule has 0 aliphatic carbocycles. The lowest BCUT2D eigenvalue weighted by atomic mass is 10.2. The summed E-state index contributed by atoms with van der Waals surface area (Å²) >= 11 is 1.26. The maximum atomic E-state index is 13.1. The van der Waals surface area contributed by atoms with Crippen LogP contribution in [0.1, 0.15) is 29.4 Å². The Morgan fingerprint density at radius 3 is 2.95 bits per heavy atom. The largest absolute Gasteiger partial charge is 0.489 e. The summed E-state index contributed by atoms with van der Waals surface area (Å²) < 4.78 is 22.9. The van der Waals surface area contributed by atoms with Crippen molar-refractivity contribution >= 4 is 17.4 Å². The van der Waals surface area contributed by atoms with E-state index in [1.807, 2.05) is 6.92 Å². The number of carbonyl (C=O) groups excluding carboxylic acids is 1. The SMILES string of the molecule is CC[C@@H](CNC(=O)c1csnc1C)Oc1cccc(F)c1. The zero-order valence-corrected chi connectivity index (χ0v) is 12.7. The third-order valence-corrected chi connectivity index (χ3v) is 3.76. The van der Waals surface area contributed by atoms with Gasteiger partial charge in [-0.2, -0.15) is 4.37 Å². The van der Waals surface area contributed by atoms with Gasteiger partial charge in [0.1, 0.15) is 17.7 Å². The van der Waals surface area contributed by atoms with Crippen molar-refractivity contribution < 1.29 is 13.9 Å². The van der Waals surface area contributed by atoms with Gasteiger partial charge in [0.15, 0.2) is 0 Å². The van der Waals surface area contributed by atoms with Crippen LogP contribution >= 0.6 is 11.5 Å². The summed E-state index contributed by atoms with van der Waals surface area (Å²) in [4.78, 5) is 12.0. The first-order valence-electron chi connectivity index (χ1n) is 6.71. The number of halogens is 1. The average molecular weight is 308 g/mol. The number of aryl methyl sites for hydroxylation is 1. The highest BCUT2D eigenvalue weighted by atomic mass is 32.1. The Labute approximate surface area is 127 Å². The van der Waals surface area contributed by atoms with Crippen molar-refractivity contribution in [1.29, 1.82) is 0 Å². The first kappa shape index (κ1) is 15.4. The molecular formula is C15H17FN2O2S. The van der Waals surface area contributed by atoms with E-state index in [1.54, 1.807) is 24.4 Å². The van der Waals surface area contributed by atoms with Gasteiger partial charge in [-0.1, -0.05) is 13.0 Å². The Balaban J connectivity index is 1.91. The van der Waals surface area contributed by atoms with Gasteiger partial charge < -0.3 is 10.1 Å². The number of carbonyl (C=O) groups is 1. The van der Waals surface area contributed by atoms with Crippen LogP contribution in [0.3, 0.4) is 0 Å². The third-order valence-electron chi connectivity index (χ3n) is 3.04. The van der Waals surface area contributed by atoms with E-state index in [9.17, 15) is 9.18 Å². The van der Waals surface area contributed by atoms with Gasteiger partial charge in [0, 0.05) is 11.4 Å². The Bertz CT molecular complexity index is 615. The predicted octanol–water partition coefficient (Wildman–Crippen LogP) is 3.18. The number of amides is 1. The molecule has 2 rings (SSSR count). The fraction of sp³-hybridized carbons (Fsp3) is 0.333. The molecule has 0 unspecified atom stereocenters. The summed E-state index contributed by atoms with van der Waals surface area (Å²) in [6, 6.07) is 5.98. The van der Waals surface area contributed by atoms with Gasteiger partial charge in [0.25, 0.3) is 5.91 Å². The summed E-state index contributed by atoms with van der Waals surface area (Å²) in [6.07, 6.45) is 0.500. The summed E-state index contributed by atoms with van der Waals surface area (Å²) in [5.74, 6) is -0.0432. The molecule has 1 aromatic heterocycles. The van der Waals surface area contributed by atoms with Crippen LogP contribution in [0, 0.1) is 12.7 Å². The van der Waals surface area contributed by atoms with Crippen LogP contribution in [0.4, 0.5) is 4.39 Å². The van der Waals surface area contributed by atoms with Crippen LogP contribution in [0.25, 0.3) is 0 Å². The fourth-order valence-corrected chi connectivity index (χ4v) is 2.51. The molecule has 2 aromatic rings. The van der Waals surface area contributed by atoms with E-state index >= 15 is 0 Å². The van der Waals surface area contributed by atoms with Crippen LogP contribution < -0.4 is 10.1 Å². The average Bonchev–Trinajstić information content (AvgIpc) is 2.89. The van der Waals surface area contributed by atoms with E-state index in [-0.39, 0.29) is 17.8 Å². The lowest BCUT2D eigenvalue weighted by Gasteiger charge is -2.18. The second-order valence-electron chi connectivity index (χ2n) is 4.63. The molecule has 1 amide bonds. The first-order chi connectivity index (χ1) is 10.1. The molecule has 0 fully saturated rings. The molecule has 21 heavy (non-hydrogen) atoms. The molecule has 0 spiro atoms. The van der Waals surface area contributed by atoms with Crippen LogP contribution in [0.5, 0.6) is 5.75 Å².